The van der Waals surface area contributed by atoms with Gasteiger partial charge in [0.2, 0.25) is 5.88 Å². The Bertz CT molecular complexity index is 733. The zero-order chi connectivity index (χ0) is 17.6. The van der Waals surface area contributed by atoms with Gasteiger partial charge in [-0.05, 0) is 38.2 Å². The first-order chi connectivity index (χ1) is 12.1. The van der Waals surface area contributed by atoms with Gasteiger partial charge < -0.3 is 19.7 Å². The molecule has 132 valence electrons. The van der Waals surface area contributed by atoms with Crippen molar-refractivity contribution in [2.45, 2.75) is 12.5 Å². The number of rotatable bonds is 6. The van der Waals surface area contributed by atoms with Gasteiger partial charge in [0.25, 0.3) is 5.91 Å². The predicted octanol–water partition coefficient (Wildman–Crippen LogP) is 1.76. The molecule has 3 rings (SSSR count). The number of pyridine rings is 1. The Morgan fingerprint density at radius 3 is 3.04 bits per heavy atom. The van der Waals surface area contributed by atoms with Crippen LogP contribution in [0.1, 0.15) is 15.9 Å². The standard InChI is InChI=1S/C19H23N3O3/c1-22(2)9-10-24-18-12-15(7-8-20-18)19(23)21-16-11-14-5-3-4-6-17(14)25-13-16/h3-8,12,16H,9-11,13H2,1-2H3,(H,21,23). The average Bonchev–Trinajstić information content (AvgIpc) is 2.61. The molecule has 1 unspecified atom stereocenters. The molecule has 0 spiro atoms. The van der Waals surface area contributed by atoms with Gasteiger partial charge in [-0.15, -0.1) is 0 Å². The summed E-state index contributed by atoms with van der Waals surface area (Å²) in [6.07, 6.45) is 2.35. The number of nitrogens with zero attached hydrogens (tertiary/aromatic N) is 2. The van der Waals surface area contributed by atoms with E-state index in [4.69, 9.17) is 9.47 Å². The van der Waals surface area contributed by atoms with Crippen LogP contribution in [0.2, 0.25) is 0 Å². The Morgan fingerprint density at radius 2 is 2.20 bits per heavy atom. The summed E-state index contributed by atoms with van der Waals surface area (Å²) in [7, 11) is 3.95. The van der Waals surface area contributed by atoms with Crippen LogP contribution in [0.3, 0.4) is 0 Å². The van der Waals surface area contributed by atoms with Gasteiger partial charge in [-0.3, -0.25) is 4.79 Å². The summed E-state index contributed by atoms with van der Waals surface area (Å²) in [6.45, 7) is 1.79. The van der Waals surface area contributed by atoms with E-state index in [1.165, 1.54) is 0 Å². The van der Waals surface area contributed by atoms with E-state index in [1.807, 2.05) is 43.3 Å². The Labute approximate surface area is 147 Å². The summed E-state index contributed by atoms with van der Waals surface area (Å²) in [5.41, 5.74) is 1.65. The topological polar surface area (TPSA) is 63.7 Å². The number of amides is 1. The second kappa shape index (κ2) is 7.98. The van der Waals surface area contributed by atoms with Gasteiger partial charge in [0.1, 0.15) is 19.0 Å². The number of carbonyl (C=O) groups excluding carboxylic acids is 1. The number of nitrogens with one attached hydrogen (secondary N) is 1. The highest BCUT2D eigenvalue weighted by Crippen LogP contribution is 2.24. The Balaban J connectivity index is 1.58. The monoisotopic (exact) mass is 341 g/mol. The molecular formula is C19H23N3O3. The number of carbonyl (C=O) groups is 1. The number of hydrogen-bond donors (Lipinski definition) is 1. The molecule has 1 aliphatic rings. The molecular weight excluding hydrogens is 318 g/mol. The van der Waals surface area contributed by atoms with Crippen molar-refractivity contribution >= 4 is 5.91 Å². The summed E-state index contributed by atoms with van der Waals surface area (Å²) < 4.78 is 11.3. The third kappa shape index (κ3) is 4.70. The molecule has 1 aromatic heterocycles. The van der Waals surface area contributed by atoms with Crippen LogP contribution in [-0.4, -0.2) is 55.7 Å². The van der Waals surface area contributed by atoms with Crippen LogP contribution in [0.25, 0.3) is 0 Å². The van der Waals surface area contributed by atoms with Gasteiger partial charge in [-0.1, -0.05) is 18.2 Å². The van der Waals surface area contributed by atoms with Gasteiger partial charge in [-0.2, -0.15) is 0 Å². The second-order valence-electron chi connectivity index (χ2n) is 6.33. The fourth-order valence-corrected chi connectivity index (χ4v) is 2.65. The van der Waals surface area contributed by atoms with Crippen molar-refractivity contribution in [1.82, 2.24) is 15.2 Å². The molecule has 0 fully saturated rings. The van der Waals surface area contributed by atoms with Crippen molar-refractivity contribution in [2.75, 3.05) is 33.9 Å². The van der Waals surface area contributed by atoms with Gasteiger partial charge in [-0.25, -0.2) is 4.98 Å². The quantitative estimate of drug-likeness (QED) is 0.867. The molecule has 0 bridgehead atoms. The molecule has 0 aliphatic carbocycles. The highest BCUT2D eigenvalue weighted by atomic mass is 16.5. The van der Waals surface area contributed by atoms with Gasteiger partial charge in [0, 0.05) is 24.4 Å². The summed E-state index contributed by atoms with van der Waals surface area (Å²) in [6, 6.07) is 11.2. The lowest BCUT2D eigenvalue weighted by Crippen LogP contribution is -2.42. The molecule has 1 atom stereocenters. The number of hydrogen-bond acceptors (Lipinski definition) is 5. The Kier molecular flexibility index (Phi) is 5.50. The molecule has 2 heterocycles. The van der Waals surface area contributed by atoms with Gasteiger partial charge >= 0.3 is 0 Å². The fourth-order valence-electron chi connectivity index (χ4n) is 2.65. The molecule has 1 N–H and O–H groups in total. The molecule has 0 saturated heterocycles. The average molecular weight is 341 g/mol. The molecule has 0 radical (unpaired) electrons. The minimum atomic E-state index is -0.146. The second-order valence-corrected chi connectivity index (χ2v) is 6.33. The zero-order valence-electron chi connectivity index (χ0n) is 14.6. The van der Waals surface area contributed by atoms with E-state index >= 15 is 0 Å². The van der Waals surface area contributed by atoms with E-state index in [1.54, 1.807) is 18.3 Å². The zero-order valence-corrected chi connectivity index (χ0v) is 14.6. The minimum absolute atomic E-state index is 0.0475. The van der Waals surface area contributed by atoms with Crippen molar-refractivity contribution in [3.8, 4) is 11.6 Å². The van der Waals surface area contributed by atoms with Crippen molar-refractivity contribution < 1.29 is 14.3 Å². The Hall–Kier alpha value is -2.60. The van der Waals surface area contributed by atoms with Crippen molar-refractivity contribution in [1.29, 1.82) is 0 Å². The normalized spacial score (nSPS) is 16.0. The van der Waals surface area contributed by atoms with Gasteiger partial charge in [0.05, 0.1) is 6.04 Å². The van der Waals surface area contributed by atoms with Crippen molar-refractivity contribution in [3.63, 3.8) is 0 Å². The van der Waals surface area contributed by atoms with Crippen LogP contribution in [0.15, 0.2) is 42.6 Å². The molecule has 6 heteroatoms. The van der Waals surface area contributed by atoms with E-state index in [9.17, 15) is 4.79 Å². The predicted molar refractivity (Wildman–Crippen MR) is 95.2 cm³/mol. The minimum Gasteiger partial charge on any atom is -0.491 e. The molecule has 0 saturated carbocycles. The number of fused-ring (bicyclic) bond motifs is 1. The number of benzene rings is 1. The molecule has 1 aromatic carbocycles. The maximum absolute atomic E-state index is 12.5. The summed E-state index contributed by atoms with van der Waals surface area (Å²) in [5, 5.41) is 3.02. The molecule has 25 heavy (non-hydrogen) atoms. The maximum atomic E-state index is 12.5. The molecule has 2 aromatic rings. The lowest BCUT2D eigenvalue weighted by molar-refractivity contribution is 0.0914. The number of ether oxygens (including phenoxy) is 2. The number of aromatic nitrogens is 1. The van der Waals surface area contributed by atoms with E-state index < -0.39 is 0 Å². The highest BCUT2D eigenvalue weighted by molar-refractivity contribution is 5.94. The van der Waals surface area contributed by atoms with E-state index in [2.05, 4.69) is 10.3 Å². The molecule has 1 amide bonds. The first-order valence-corrected chi connectivity index (χ1v) is 8.37. The molecule has 1 aliphatic heterocycles. The van der Waals surface area contributed by atoms with Crippen LogP contribution < -0.4 is 14.8 Å². The maximum Gasteiger partial charge on any atom is 0.251 e. The lowest BCUT2D eigenvalue weighted by atomic mass is 10.0. The number of para-hydroxylation sites is 1. The van der Waals surface area contributed by atoms with E-state index in [0.29, 0.717) is 24.7 Å². The van der Waals surface area contributed by atoms with Gasteiger partial charge in [0.15, 0.2) is 0 Å². The largest absolute Gasteiger partial charge is 0.491 e. The van der Waals surface area contributed by atoms with Crippen molar-refractivity contribution in [2.24, 2.45) is 0 Å². The van der Waals surface area contributed by atoms with E-state index in [0.717, 1.165) is 24.3 Å². The van der Waals surface area contributed by atoms with Crippen LogP contribution >= 0.6 is 0 Å². The summed E-state index contributed by atoms with van der Waals surface area (Å²) in [4.78, 5) is 18.7. The third-order valence-electron chi connectivity index (χ3n) is 4.00. The number of likely N-dealkylation sites (N-methyl/N-ethyl adjacent to an activating group) is 1. The fraction of sp³-hybridized carbons (Fsp3) is 0.368. The first-order valence-electron chi connectivity index (χ1n) is 8.37. The SMILES string of the molecule is CN(C)CCOc1cc(C(=O)NC2COc3ccccc3C2)ccn1. The Morgan fingerprint density at radius 1 is 1.36 bits per heavy atom. The first kappa shape index (κ1) is 17.2. The summed E-state index contributed by atoms with van der Waals surface area (Å²) >= 11 is 0. The summed E-state index contributed by atoms with van der Waals surface area (Å²) in [5.74, 6) is 1.21. The van der Waals surface area contributed by atoms with Crippen LogP contribution in [0.4, 0.5) is 0 Å². The smallest absolute Gasteiger partial charge is 0.251 e. The van der Waals surface area contributed by atoms with Crippen LogP contribution in [0.5, 0.6) is 11.6 Å². The molecule has 6 nitrogen and oxygen atoms in total. The van der Waals surface area contributed by atoms with Crippen LogP contribution in [-0.2, 0) is 6.42 Å². The van der Waals surface area contributed by atoms with Crippen molar-refractivity contribution in [3.05, 3.63) is 53.7 Å². The lowest BCUT2D eigenvalue weighted by Gasteiger charge is -2.26. The van der Waals surface area contributed by atoms with E-state index in [-0.39, 0.29) is 11.9 Å². The highest BCUT2D eigenvalue weighted by Gasteiger charge is 2.21. The third-order valence-corrected chi connectivity index (χ3v) is 4.00. The van der Waals surface area contributed by atoms with Crippen LogP contribution in [0, 0.1) is 0 Å².